The summed E-state index contributed by atoms with van der Waals surface area (Å²) < 4.78 is 5.25. The third-order valence-electron chi connectivity index (χ3n) is 4.67. The molecule has 0 unspecified atom stereocenters. The predicted octanol–water partition coefficient (Wildman–Crippen LogP) is 6.27. The van der Waals surface area contributed by atoms with Crippen LogP contribution in [0, 0.1) is 6.92 Å². The second-order valence-corrected chi connectivity index (χ2v) is 6.97. The van der Waals surface area contributed by atoms with Crippen LogP contribution in [0.3, 0.4) is 0 Å². The first kappa shape index (κ1) is 18.3. The summed E-state index contributed by atoms with van der Waals surface area (Å²) in [5.41, 5.74) is 3.65. The maximum absolute atomic E-state index is 12.6. The van der Waals surface area contributed by atoms with Gasteiger partial charge in [-0.05, 0) is 43.0 Å². The van der Waals surface area contributed by atoms with E-state index in [1.165, 1.54) is 0 Å². The molecule has 0 bridgehead atoms. The molecule has 1 aromatic heterocycles. The Bertz CT molecular complexity index is 1200. The molecule has 3 aromatic carbocycles. The fourth-order valence-electron chi connectivity index (χ4n) is 3.40. The fourth-order valence-corrected chi connectivity index (χ4v) is 3.68. The highest BCUT2D eigenvalue weighted by molar-refractivity contribution is 6.31. The number of hydrogen-bond donors (Lipinski definition) is 1. The lowest BCUT2D eigenvalue weighted by Gasteiger charge is -2.16. The van der Waals surface area contributed by atoms with Gasteiger partial charge in [-0.3, -0.25) is 4.98 Å². The molecule has 4 rings (SSSR count). The molecule has 140 valence electrons. The van der Waals surface area contributed by atoms with Gasteiger partial charge in [0.25, 0.3) is 0 Å². The SMILES string of the molecule is CCOC(=O)c1cnc2c(C)cc(Cl)cc2c1Nc1cccc2ccccc12. The summed E-state index contributed by atoms with van der Waals surface area (Å²) in [4.78, 5) is 17.1. The van der Waals surface area contributed by atoms with E-state index in [-0.39, 0.29) is 0 Å². The number of anilines is 2. The van der Waals surface area contributed by atoms with E-state index in [0.717, 1.165) is 32.9 Å². The van der Waals surface area contributed by atoms with Crippen molar-refractivity contribution in [2.75, 3.05) is 11.9 Å². The minimum absolute atomic E-state index is 0.291. The Kier molecular flexibility index (Phi) is 4.88. The highest BCUT2D eigenvalue weighted by Crippen LogP contribution is 2.35. The van der Waals surface area contributed by atoms with E-state index in [9.17, 15) is 4.79 Å². The number of pyridine rings is 1. The molecule has 0 aliphatic carbocycles. The number of aryl methyl sites for hydroxylation is 1. The molecule has 0 spiro atoms. The van der Waals surface area contributed by atoms with Gasteiger partial charge >= 0.3 is 5.97 Å². The lowest BCUT2D eigenvalue weighted by atomic mass is 10.0. The van der Waals surface area contributed by atoms with Crippen LogP contribution < -0.4 is 5.32 Å². The smallest absolute Gasteiger partial charge is 0.341 e. The summed E-state index contributed by atoms with van der Waals surface area (Å²) in [5, 5.41) is 6.99. The van der Waals surface area contributed by atoms with Crippen LogP contribution in [0.1, 0.15) is 22.8 Å². The molecule has 0 aliphatic rings. The number of nitrogens with one attached hydrogen (secondary N) is 1. The van der Waals surface area contributed by atoms with Crippen molar-refractivity contribution in [1.82, 2.24) is 4.98 Å². The molecule has 1 heterocycles. The summed E-state index contributed by atoms with van der Waals surface area (Å²) in [7, 11) is 0. The maximum Gasteiger partial charge on any atom is 0.341 e. The molecule has 28 heavy (non-hydrogen) atoms. The van der Waals surface area contributed by atoms with Crippen LogP contribution in [0.15, 0.2) is 60.8 Å². The fraction of sp³-hybridized carbons (Fsp3) is 0.130. The van der Waals surface area contributed by atoms with Crippen molar-refractivity contribution in [1.29, 1.82) is 0 Å². The number of carbonyl (C=O) groups is 1. The Hall–Kier alpha value is -3.11. The van der Waals surface area contributed by atoms with E-state index < -0.39 is 5.97 Å². The number of benzene rings is 3. The molecule has 0 atom stereocenters. The van der Waals surface area contributed by atoms with Crippen LogP contribution >= 0.6 is 11.6 Å². The first-order valence-corrected chi connectivity index (χ1v) is 9.47. The molecular formula is C23H19ClN2O2. The molecule has 5 heteroatoms. The number of ether oxygens (including phenoxy) is 1. The second kappa shape index (κ2) is 7.49. The van der Waals surface area contributed by atoms with Gasteiger partial charge < -0.3 is 10.1 Å². The van der Waals surface area contributed by atoms with Crippen LogP contribution in [0.25, 0.3) is 21.7 Å². The van der Waals surface area contributed by atoms with Gasteiger partial charge in [-0.2, -0.15) is 0 Å². The predicted molar refractivity (Wildman–Crippen MR) is 115 cm³/mol. The molecule has 0 fully saturated rings. The van der Waals surface area contributed by atoms with E-state index in [1.807, 2.05) is 49.4 Å². The maximum atomic E-state index is 12.6. The number of hydrogen-bond acceptors (Lipinski definition) is 4. The van der Waals surface area contributed by atoms with Crippen LogP contribution in [-0.4, -0.2) is 17.6 Å². The van der Waals surface area contributed by atoms with Crippen molar-refractivity contribution in [3.8, 4) is 0 Å². The monoisotopic (exact) mass is 390 g/mol. The number of rotatable bonds is 4. The van der Waals surface area contributed by atoms with Gasteiger partial charge in [-0.25, -0.2) is 4.79 Å². The summed E-state index contributed by atoms with van der Waals surface area (Å²) in [6.45, 7) is 4.03. The minimum Gasteiger partial charge on any atom is -0.462 e. The number of halogens is 1. The number of aromatic nitrogens is 1. The second-order valence-electron chi connectivity index (χ2n) is 6.54. The largest absolute Gasteiger partial charge is 0.462 e. The zero-order valence-corrected chi connectivity index (χ0v) is 16.4. The quantitative estimate of drug-likeness (QED) is 0.417. The topological polar surface area (TPSA) is 51.2 Å². The van der Waals surface area contributed by atoms with Gasteiger partial charge in [0.2, 0.25) is 0 Å². The summed E-state index contributed by atoms with van der Waals surface area (Å²) in [5.74, 6) is -0.419. The number of esters is 1. The van der Waals surface area contributed by atoms with E-state index in [4.69, 9.17) is 16.3 Å². The van der Waals surface area contributed by atoms with Crippen LogP contribution in [0.4, 0.5) is 11.4 Å². The number of carbonyl (C=O) groups excluding carboxylic acids is 1. The first-order valence-electron chi connectivity index (χ1n) is 9.09. The van der Waals surface area contributed by atoms with Gasteiger partial charge in [0.1, 0.15) is 5.56 Å². The molecule has 0 amide bonds. The molecule has 0 saturated heterocycles. The molecule has 0 aliphatic heterocycles. The van der Waals surface area contributed by atoms with Crippen LogP contribution in [0.5, 0.6) is 0 Å². The Morgan fingerprint density at radius 1 is 1.11 bits per heavy atom. The minimum atomic E-state index is -0.419. The summed E-state index contributed by atoms with van der Waals surface area (Å²) in [6.07, 6.45) is 1.56. The highest BCUT2D eigenvalue weighted by Gasteiger charge is 2.19. The average Bonchev–Trinajstić information content (AvgIpc) is 2.69. The standard InChI is InChI=1S/C23H19ClN2O2/c1-3-28-23(27)19-13-25-21-14(2)11-16(24)12-18(21)22(19)26-20-10-6-8-15-7-4-5-9-17(15)20/h4-13H,3H2,1-2H3,(H,25,26). The summed E-state index contributed by atoms with van der Waals surface area (Å²) in [6, 6.07) is 17.8. The number of fused-ring (bicyclic) bond motifs is 2. The highest BCUT2D eigenvalue weighted by atomic mass is 35.5. The van der Waals surface area contributed by atoms with Gasteiger partial charge in [0.15, 0.2) is 0 Å². The van der Waals surface area contributed by atoms with Crippen molar-refractivity contribution in [2.24, 2.45) is 0 Å². The first-order chi connectivity index (χ1) is 13.6. The van der Waals surface area contributed by atoms with Crippen LogP contribution in [-0.2, 0) is 4.74 Å². The molecule has 4 nitrogen and oxygen atoms in total. The zero-order chi connectivity index (χ0) is 19.7. The third kappa shape index (κ3) is 3.27. The van der Waals surface area contributed by atoms with E-state index in [2.05, 4.69) is 22.4 Å². The Morgan fingerprint density at radius 3 is 2.71 bits per heavy atom. The van der Waals surface area contributed by atoms with Crippen molar-refractivity contribution in [3.63, 3.8) is 0 Å². The zero-order valence-electron chi connectivity index (χ0n) is 15.6. The van der Waals surface area contributed by atoms with Gasteiger partial charge in [-0.15, -0.1) is 0 Å². The molecule has 4 aromatic rings. The molecular weight excluding hydrogens is 372 g/mol. The van der Waals surface area contributed by atoms with Crippen LogP contribution in [0.2, 0.25) is 5.02 Å². The lowest BCUT2D eigenvalue weighted by molar-refractivity contribution is 0.0527. The van der Waals surface area contributed by atoms with Gasteiger partial charge in [0.05, 0.1) is 17.8 Å². The number of nitrogens with zero attached hydrogens (tertiary/aromatic N) is 1. The Labute approximate surface area is 168 Å². The third-order valence-corrected chi connectivity index (χ3v) is 4.89. The molecule has 1 N–H and O–H groups in total. The molecule has 0 saturated carbocycles. The van der Waals surface area contributed by atoms with E-state index in [1.54, 1.807) is 13.1 Å². The average molecular weight is 391 g/mol. The van der Waals surface area contributed by atoms with Crippen molar-refractivity contribution in [2.45, 2.75) is 13.8 Å². The normalized spacial score (nSPS) is 11.0. The summed E-state index contributed by atoms with van der Waals surface area (Å²) >= 11 is 6.32. The van der Waals surface area contributed by atoms with Crippen molar-refractivity contribution >= 4 is 50.6 Å². The molecule has 0 radical (unpaired) electrons. The van der Waals surface area contributed by atoms with E-state index >= 15 is 0 Å². The van der Waals surface area contributed by atoms with Crippen molar-refractivity contribution in [3.05, 3.63) is 76.9 Å². The Morgan fingerprint density at radius 2 is 1.89 bits per heavy atom. The van der Waals surface area contributed by atoms with Gasteiger partial charge in [-0.1, -0.05) is 48.0 Å². The van der Waals surface area contributed by atoms with E-state index in [0.29, 0.717) is 22.9 Å². The van der Waals surface area contributed by atoms with Gasteiger partial charge in [0, 0.05) is 27.7 Å². The lowest BCUT2D eigenvalue weighted by Crippen LogP contribution is -2.09. The Balaban J connectivity index is 1.97. The van der Waals surface area contributed by atoms with Crippen molar-refractivity contribution < 1.29 is 9.53 Å².